The first-order valence-corrected chi connectivity index (χ1v) is 5.61. The van der Waals surface area contributed by atoms with Crippen molar-refractivity contribution in [1.29, 1.82) is 0 Å². The molecule has 0 bridgehead atoms. The van der Waals surface area contributed by atoms with Gasteiger partial charge >= 0.3 is 5.97 Å². The molecule has 0 aliphatic heterocycles. The Morgan fingerprint density at radius 3 is 2.79 bits per heavy atom. The molecule has 0 radical (unpaired) electrons. The van der Waals surface area contributed by atoms with Gasteiger partial charge in [0.25, 0.3) is 0 Å². The third-order valence-electron chi connectivity index (χ3n) is 2.40. The molecule has 1 aromatic heterocycles. The summed E-state index contributed by atoms with van der Waals surface area (Å²) in [5.41, 5.74) is -1.56. The van der Waals surface area contributed by atoms with Crippen LogP contribution in [-0.2, 0) is 4.74 Å². The minimum absolute atomic E-state index is 0.0643. The molecule has 100 valence electrons. The van der Waals surface area contributed by atoms with Crippen LogP contribution in [-0.4, -0.2) is 12.6 Å². The average molecular weight is 289 g/mol. The molecule has 4 nitrogen and oxygen atoms in total. The first kappa shape index (κ1) is 13.5. The molecule has 0 saturated carbocycles. The number of halogens is 3. The highest BCUT2D eigenvalue weighted by Gasteiger charge is 2.20. The van der Waals surface area contributed by atoms with E-state index in [1.54, 1.807) is 6.92 Å². The normalized spacial score (nSPS) is 10.7. The van der Waals surface area contributed by atoms with Gasteiger partial charge in [0.2, 0.25) is 5.43 Å². The molecular weight excluding hydrogens is 282 g/mol. The smallest absolute Gasteiger partial charge is 0.345 e. The third kappa shape index (κ3) is 2.19. The number of esters is 1. The average Bonchev–Trinajstić information content (AvgIpc) is 2.38. The van der Waals surface area contributed by atoms with Crippen LogP contribution in [0.15, 0.2) is 21.5 Å². The molecule has 19 heavy (non-hydrogen) atoms. The molecule has 0 atom stereocenters. The molecule has 0 fully saturated rings. The Kier molecular flexibility index (Phi) is 3.53. The highest BCUT2D eigenvalue weighted by Crippen LogP contribution is 2.27. The molecule has 1 aromatic carbocycles. The number of hydrogen-bond acceptors (Lipinski definition) is 4. The quantitative estimate of drug-likeness (QED) is 0.630. The molecular formula is C12H7ClF2O4. The number of ether oxygens (including phenoxy) is 1. The van der Waals surface area contributed by atoms with Crippen LogP contribution in [0.4, 0.5) is 8.78 Å². The van der Waals surface area contributed by atoms with E-state index in [0.29, 0.717) is 6.07 Å². The number of hydrogen-bond donors (Lipinski definition) is 0. The summed E-state index contributed by atoms with van der Waals surface area (Å²) >= 11 is 5.53. The molecule has 2 rings (SSSR count). The zero-order valence-electron chi connectivity index (χ0n) is 9.63. The topological polar surface area (TPSA) is 56.5 Å². The van der Waals surface area contributed by atoms with Gasteiger partial charge in [-0.2, -0.15) is 0 Å². The van der Waals surface area contributed by atoms with E-state index in [0.717, 1.165) is 6.26 Å². The number of carbonyl (C=O) groups is 1. The molecule has 1 heterocycles. The monoisotopic (exact) mass is 288 g/mol. The highest BCUT2D eigenvalue weighted by atomic mass is 35.5. The van der Waals surface area contributed by atoms with E-state index in [1.165, 1.54) is 0 Å². The van der Waals surface area contributed by atoms with Gasteiger partial charge in [0, 0.05) is 0 Å². The van der Waals surface area contributed by atoms with Crippen molar-refractivity contribution >= 4 is 28.5 Å². The molecule has 0 spiro atoms. The van der Waals surface area contributed by atoms with Crippen molar-refractivity contribution in [3.05, 3.63) is 44.8 Å². The van der Waals surface area contributed by atoms with Crippen LogP contribution < -0.4 is 5.43 Å². The van der Waals surface area contributed by atoms with Crippen molar-refractivity contribution in [2.45, 2.75) is 6.92 Å². The fourth-order valence-corrected chi connectivity index (χ4v) is 1.76. The lowest BCUT2D eigenvalue weighted by molar-refractivity contribution is 0.0522. The van der Waals surface area contributed by atoms with E-state index in [1.807, 2.05) is 0 Å². The lowest BCUT2D eigenvalue weighted by atomic mass is 10.1. The Labute approximate surface area is 110 Å². The first-order chi connectivity index (χ1) is 8.97. The predicted molar refractivity (Wildman–Crippen MR) is 63.4 cm³/mol. The Bertz CT molecular complexity index is 724. The van der Waals surface area contributed by atoms with Crippen molar-refractivity contribution in [3.8, 4) is 0 Å². The van der Waals surface area contributed by atoms with Crippen LogP contribution in [0.3, 0.4) is 0 Å². The molecule has 7 heteroatoms. The number of fused-ring (bicyclic) bond motifs is 1. The summed E-state index contributed by atoms with van der Waals surface area (Å²) in [6, 6.07) is 0.630. The largest absolute Gasteiger partial charge is 0.462 e. The predicted octanol–water partition coefficient (Wildman–Crippen LogP) is 2.90. The van der Waals surface area contributed by atoms with Crippen LogP contribution in [0.2, 0.25) is 5.02 Å². The molecule has 0 aliphatic rings. The van der Waals surface area contributed by atoms with Gasteiger partial charge in [-0.3, -0.25) is 4.79 Å². The zero-order chi connectivity index (χ0) is 14.2. The van der Waals surface area contributed by atoms with Crippen molar-refractivity contribution < 1.29 is 22.7 Å². The summed E-state index contributed by atoms with van der Waals surface area (Å²) in [6.45, 7) is 1.63. The lowest BCUT2D eigenvalue weighted by Crippen LogP contribution is -2.17. The van der Waals surface area contributed by atoms with E-state index in [-0.39, 0.29) is 17.6 Å². The van der Waals surface area contributed by atoms with Gasteiger partial charge in [-0.25, -0.2) is 13.6 Å². The van der Waals surface area contributed by atoms with Crippen LogP contribution in [0.5, 0.6) is 0 Å². The molecule has 0 saturated heterocycles. The van der Waals surface area contributed by atoms with Crippen LogP contribution in [0, 0.1) is 11.6 Å². The van der Waals surface area contributed by atoms with E-state index in [9.17, 15) is 18.4 Å². The fraction of sp³-hybridized carbons (Fsp3) is 0.167. The molecule has 0 aliphatic carbocycles. The summed E-state index contributed by atoms with van der Waals surface area (Å²) in [6.07, 6.45) is 0.811. The van der Waals surface area contributed by atoms with Crippen LogP contribution in [0.25, 0.3) is 11.0 Å². The summed E-state index contributed by atoms with van der Waals surface area (Å²) in [4.78, 5) is 23.4. The summed E-state index contributed by atoms with van der Waals surface area (Å²) in [5, 5.41) is -0.975. The SMILES string of the molecule is CCOC(=O)c1coc2c(Cl)c(F)c(F)cc2c1=O. The lowest BCUT2D eigenvalue weighted by Gasteiger charge is -2.04. The van der Waals surface area contributed by atoms with Gasteiger partial charge in [0.05, 0.1) is 12.0 Å². The van der Waals surface area contributed by atoms with Crippen molar-refractivity contribution in [3.63, 3.8) is 0 Å². The first-order valence-electron chi connectivity index (χ1n) is 5.23. The minimum Gasteiger partial charge on any atom is -0.462 e. The minimum atomic E-state index is -1.32. The second-order valence-electron chi connectivity index (χ2n) is 3.56. The third-order valence-corrected chi connectivity index (χ3v) is 2.73. The van der Waals surface area contributed by atoms with Crippen molar-refractivity contribution in [2.24, 2.45) is 0 Å². The Hall–Kier alpha value is -1.95. The van der Waals surface area contributed by atoms with Gasteiger partial charge in [0.1, 0.15) is 16.8 Å². The number of benzene rings is 1. The standard InChI is InChI=1S/C12H7ClF2O4/c1-2-18-12(17)6-4-19-11-5(10(6)16)3-7(14)9(15)8(11)13/h3-4H,2H2,1H3. The second kappa shape index (κ2) is 4.97. The summed E-state index contributed by atoms with van der Waals surface area (Å²) in [7, 11) is 0. The van der Waals surface area contributed by atoms with Crippen molar-refractivity contribution in [1.82, 2.24) is 0 Å². The van der Waals surface area contributed by atoms with Gasteiger partial charge in [-0.15, -0.1) is 0 Å². The maximum absolute atomic E-state index is 13.2. The van der Waals surface area contributed by atoms with Crippen LogP contribution >= 0.6 is 11.6 Å². The van der Waals surface area contributed by atoms with Gasteiger partial charge < -0.3 is 9.15 Å². The highest BCUT2D eigenvalue weighted by molar-refractivity contribution is 6.35. The maximum atomic E-state index is 13.2. The Balaban J connectivity index is 2.76. The van der Waals surface area contributed by atoms with Gasteiger partial charge in [-0.05, 0) is 13.0 Å². The fourth-order valence-electron chi connectivity index (χ4n) is 1.53. The van der Waals surface area contributed by atoms with Crippen molar-refractivity contribution in [2.75, 3.05) is 6.61 Å². The van der Waals surface area contributed by atoms with E-state index in [4.69, 9.17) is 16.0 Å². The Morgan fingerprint density at radius 2 is 2.16 bits per heavy atom. The summed E-state index contributed by atoms with van der Waals surface area (Å²) in [5.74, 6) is -3.52. The van der Waals surface area contributed by atoms with Gasteiger partial charge in [-0.1, -0.05) is 11.6 Å². The Morgan fingerprint density at radius 1 is 1.47 bits per heavy atom. The van der Waals surface area contributed by atoms with Gasteiger partial charge in [0.15, 0.2) is 17.2 Å². The molecule has 2 aromatic rings. The number of carbonyl (C=O) groups excluding carboxylic acids is 1. The second-order valence-corrected chi connectivity index (χ2v) is 3.94. The molecule has 0 unspecified atom stereocenters. The van der Waals surface area contributed by atoms with E-state index in [2.05, 4.69) is 4.74 Å². The molecule has 0 N–H and O–H groups in total. The maximum Gasteiger partial charge on any atom is 0.345 e. The zero-order valence-corrected chi connectivity index (χ0v) is 10.4. The van der Waals surface area contributed by atoms with Crippen LogP contribution in [0.1, 0.15) is 17.3 Å². The summed E-state index contributed by atoms with van der Waals surface area (Å²) < 4.78 is 36.0. The molecule has 0 amide bonds. The van der Waals surface area contributed by atoms with E-state index >= 15 is 0 Å². The number of rotatable bonds is 2. The van der Waals surface area contributed by atoms with E-state index < -0.39 is 33.6 Å².